The SMILES string of the molecule is COc1ccc(Nc2nnc(-c3cn(C4CC4)c4c(OC)c(F)c(F)cc4c3=O)s2)cc1. The predicted octanol–water partition coefficient (Wildman–Crippen LogP) is 4.89. The fraction of sp³-hybridized carbons (Fsp3) is 0.227. The molecule has 7 nitrogen and oxygen atoms in total. The largest absolute Gasteiger partial charge is 0.497 e. The topological polar surface area (TPSA) is 78.3 Å². The van der Waals surface area contributed by atoms with Gasteiger partial charge in [0.25, 0.3) is 0 Å². The third-order valence-corrected chi connectivity index (χ3v) is 6.18. The van der Waals surface area contributed by atoms with Gasteiger partial charge >= 0.3 is 0 Å². The summed E-state index contributed by atoms with van der Waals surface area (Å²) in [6, 6.07) is 8.29. The maximum Gasteiger partial charge on any atom is 0.210 e. The summed E-state index contributed by atoms with van der Waals surface area (Å²) in [4.78, 5) is 13.2. The molecule has 0 spiro atoms. The van der Waals surface area contributed by atoms with E-state index in [2.05, 4.69) is 15.5 Å². The molecule has 2 aromatic carbocycles. The number of aromatic nitrogens is 3. The average molecular weight is 456 g/mol. The van der Waals surface area contributed by atoms with E-state index in [9.17, 15) is 13.6 Å². The van der Waals surface area contributed by atoms with Gasteiger partial charge in [-0.15, -0.1) is 10.2 Å². The molecule has 4 aromatic rings. The summed E-state index contributed by atoms with van der Waals surface area (Å²) in [6.07, 6.45) is 3.39. The Morgan fingerprint density at radius 3 is 2.53 bits per heavy atom. The number of nitrogens with one attached hydrogen (secondary N) is 1. The van der Waals surface area contributed by atoms with Gasteiger partial charge in [-0.2, -0.15) is 4.39 Å². The number of pyridine rings is 1. The first-order valence-corrected chi connectivity index (χ1v) is 10.7. The quantitative estimate of drug-likeness (QED) is 0.445. The molecule has 5 rings (SSSR count). The van der Waals surface area contributed by atoms with Gasteiger partial charge in [0, 0.05) is 17.9 Å². The van der Waals surface area contributed by atoms with E-state index in [4.69, 9.17) is 9.47 Å². The number of fused-ring (bicyclic) bond motifs is 1. The molecule has 1 saturated carbocycles. The summed E-state index contributed by atoms with van der Waals surface area (Å²) >= 11 is 1.19. The van der Waals surface area contributed by atoms with Gasteiger partial charge in [-0.25, -0.2) is 4.39 Å². The van der Waals surface area contributed by atoms with E-state index in [1.165, 1.54) is 18.4 Å². The zero-order valence-electron chi connectivity index (χ0n) is 17.2. The van der Waals surface area contributed by atoms with Crippen molar-refractivity contribution in [1.82, 2.24) is 14.8 Å². The number of ether oxygens (including phenoxy) is 2. The van der Waals surface area contributed by atoms with E-state index in [-0.39, 0.29) is 28.3 Å². The molecule has 0 amide bonds. The van der Waals surface area contributed by atoms with Gasteiger partial charge in [0.2, 0.25) is 10.9 Å². The lowest BCUT2D eigenvalue weighted by molar-refractivity contribution is 0.375. The monoisotopic (exact) mass is 456 g/mol. The third kappa shape index (κ3) is 3.46. The normalized spacial score (nSPS) is 13.4. The highest BCUT2D eigenvalue weighted by Gasteiger charge is 2.30. The molecule has 1 N–H and O–H groups in total. The standard InChI is InChI=1S/C22H18F2N4O3S/c1-30-13-7-3-11(4-8-13)25-22-27-26-21(32-22)15-10-28(12-5-6-12)18-14(19(15)29)9-16(23)17(24)20(18)31-2/h3-4,7-10,12H,5-6H2,1-2H3,(H,25,27). The van der Waals surface area contributed by atoms with Crippen molar-refractivity contribution < 1.29 is 18.3 Å². The Bertz CT molecular complexity index is 1380. The van der Waals surface area contributed by atoms with Crippen LogP contribution in [-0.2, 0) is 0 Å². The molecule has 0 saturated heterocycles. The van der Waals surface area contributed by atoms with Crippen LogP contribution in [0.1, 0.15) is 18.9 Å². The minimum atomic E-state index is -1.13. The van der Waals surface area contributed by atoms with Crippen LogP contribution in [0.15, 0.2) is 41.3 Å². The molecule has 10 heteroatoms. The molecule has 0 unspecified atom stereocenters. The summed E-state index contributed by atoms with van der Waals surface area (Å²) in [5.41, 5.74) is 0.854. The van der Waals surface area contributed by atoms with Crippen LogP contribution in [0.4, 0.5) is 19.6 Å². The Hall–Kier alpha value is -3.53. The second-order valence-corrected chi connectivity index (χ2v) is 8.36. The molecule has 2 heterocycles. The molecule has 0 radical (unpaired) electrons. The van der Waals surface area contributed by atoms with Crippen LogP contribution in [0.5, 0.6) is 11.5 Å². The van der Waals surface area contributed by atoms with Crippen LogP contribution < -0.4 is 20.2 Å². The molecule has 164 valence electrons. The summed E-state index contributed by atoms with van der Waals surface area (Å²) in [6.45, 7) is 0. The zero-order valence-corrected chi connectivity index (χ0v) is 18.0. The van der Waals surface area contributed by atoms with Crippen LogP contribution in [0, 0.1) is 11.6 Å². The molecular weight excluding hydrogens is 438 g/mol. The van der Waals surface area contributed by atoms with Crippen molar-refractivity contribution in [3.8, 4) is 22.1 Å². The van der Waals surface area contributed by atoms with Crippen molar-refractivity contribution in [3.63, 3.8) is 0 Å². The molecule has 2 aromatic heterocycles. The van der Waals surface area contributed by atoms with Crippen LogP contribution in [0.2, 0.25) is 0 Å². The number of anilines is 2. The maximum atomic E-state index is 14.4. The second kappa shape index (κ2) is 7.86. The Kier molecular flexibility index (Phi) is 5.01. The van der Waals surface area contributed by atoms with Gasteiger partial charge in [0.05, 0.1) is 30.7 Å². The average Bonchev–Trinajstić information content (AvgIpc) is 3.55. The Morgan fingerprint density at radius 1 is 1.12 bits per heavy atom. The number of hydrogen-bond acceptors (Lipinski definition) is 7. The van der Waals surface area contributed by atoms with Crippen LogP contribution >= 0.6 is 11.3 Å². The van der Waals surface area contributed by atoms with Crippen LogP contribution in [0.25, 0.3) is 21.5 Å². The third-order valence-electron chi connectivity index (χ3n) is 5.31. The van der Waals surface area contributed by atoms with E-state index in [1.54, 1.807) is 17.9 Å². The van der Waals surface area contributed by atoms with Gasteiger partial charge < -0.3 is 19.4 Å². The summed E-state index contributed by atoms with van der Waals surface area (Å²) in [7, 11) is 2.85. The lowest BCUT2D eigenvalue weighted by Gasteiger charge is -2.15. The first-order chi connectivity index (χ1) is 15.5. The molecule has 0 aliphatic heterocycles. The van der Waals surface area contributed by atoms with Crippen LogP contribution in [0.3, 0.4) is 0 Å². The Morgan fingerprint density at radius 2 is 1.88 bits per heavy atom. The highest BCUT2D eigenvalue weighted by molar-refractivity contribution is 7.18. The molecule has 1 aliphatic carbocycles. The lowest BCUT2D eigenvalue weighted by Crippen LogP contribution is -2.14. The molecule has 0 bridgehead atoms. The minimum Gasteiger partial charge on any atom is -0.497 e. The fourth-order valence-corrected chi connectivity index (χ4v) is 4.36. The number of rotatable bonds is 6. The number of benzene rings is 2. The fourth-order valence-electron chi connectivity index (χ4n) is 3.59. The van der Waals surface area contributed by atoms with Gasteiger partial charge in [-0.3, -0.25) is 4.79 Å². The van der Waals surface area contributed by atoms with Crippen molar-refractivity contribution in [2.45, 2.75) is 18.9 Å². The second-order valence-electron chi connectivity index (χ2n) is 7.38. The highest BCUT2D eigenvalue weighted by atomic mass is 32.1. The summed E-state index contributed by atoms with van der Waals surface area (Å²) < 4.78 is 40.6. The number of methoxy groups -OCH3 is 2. The molecule has 0 atom stereocenters. The Balaban J connectivity index is 1.60. The molecular formula is C22H18F2N4O3S. The Labute approximate surface area is 185 Å². The zero-order chi connectivity index (χ0) is 22.4. The van der Waals surface area contributed by atoms with E-state index >= 15 is 0 Å². The van der Waals surface area contributed by atoms with Crippen LogP contribution in [-0.4, -0.2) is 29.0 Å². The van der Waals surface area contributed by atoms with Crippen molar-refractivity contribution in [1.29, 1.82) is 0 Å². The minimum absolute atomic E-state index is 0.0463. The first-order valence-electron chi connectivity index (χ1n) is 9.86. The summed E-state index contributed by atoms with van der Waals surface area (Å²) in [5, 5.41) is 12.3. The molecule has 32 heavy (non-hydrogen) atoms. The van der Waals surface area contributed by atoms with Gasteiger partial charge in [0.1, 0.15) is 5.75 Å². The van der Waals surface area contributed by atoms with E-state index in [0.29, 0.717) is 10.1 Å². The molecule has 1 aliphatic rings. The van der Waals surface area contributed by atoms with Gasteiger partial charge in [0.15, 0.2) is 22.0 Å². The van der Waals surface area contributed by atoms with Crippen molar-refractivity contribution in [2.75, 3.05) is 19.5 Å². The van der Waals surface area contributed by atoms with Crippen molar-refractivity contribution in [3.05, 3.63) is 58.4 Å². The number of nitrogens with zero attached hydrogens (tertiary/aromatic N) is 3. The highest BCUT2D eigenvalue weighted by Crippen LogP contribution is 2.41. The van der Waals surface area contributed by atoms with Crippen molar-refractivity contribution in [2.24, 2.45) is 0 Å². The lowest BCUT2D eigenvalue weighted by atomic mass is 10.1. The smallest absolute Gasteiger partial charge is 0.210 e. The summed E-state index contributed by atoms with van der Waals surface area (Å²) in [5.74, 6) is -1.78. The first kappa shape index (κ1) is 20.4. The predicted molar refractivity (Wildman–Crippen MR) is 118 cm³/mol. The van der Waals surface area contributed by atoms with Gasteiger partial charge in [-0.1, -0.05) is 11.3 Å². The van der Waals surface area contributed by atoms with Gasteiger partial charge in [-0.05, 0) is 43.2 Å². The molecule has 1 fully saturated rings. The van der Waals surface area contributed by atoms with E-state index < -0.39 is 17.1 Å². The van der Waals surface area contributed by atoms with E-state index in [0.717, 1.165) is 30.3 Å². The van der Waals surface area contributed by atoms with E-state index in [1.807, 2.05) is 24.3 Å². The number of hydrogen-bond donors (Lipinski definition) is 1. The maximum absolute atomic E-state index is 14.4. The van der Waals surface area contributed by atoms with Crippen molar-refractivity contribution >= 4 is 33.1 Å². The number of halogens is 2.